The molecular formula is C27H26ClNO3S. The Balaban J connectivity index is 1.17. The summed E-state index contributed by atoms with van der Waals surface area (Å²) in [6, 6.07) is 18.5. The molecule has 0 bridgehead atoms. The molecule has 1 N–H and O–H groups in total. The van der Waals surface area contributed by atoms with Crippen molar-refractivity contribution in [3.05, 3.63) is 81.0 Å². The first-order valence-corrected chi connectivity index (χ1v) is 12.5. The van der Waals surface area contributed by atoms with Gasteiger partial charge in [-0.05, 0) is 83.4 Å². The van der Waals surface area contributed by atoms with Crippen LogP contribution in [0.25, 0.3) is 11.1 Å². The van der Waals surface area contributed by atoms with Crippen LogP contribution in [0.4, 0.5) is 0 Å². The predicted molar refractivity (Wildman–Crippen MR) is 132 cm³/mol. The molecule has 5 rings (SSSR count). The lowest BCUT2D eigenvalue weighted by molar-refractivity contribution is -0.159. The van der Waals surface area contributed by atoms with Gasteiger partial charge in [0, 0.05) is 11.1 Å². The van der Waals surface area contributed by atoms with E-state index in [0.717, 1.165) is 58.7 Å². The molecule has 2 aliphatic carbocycles. The van der Waals surface area contributed by atoms with Crippen LogP contribution in [0.1, 0.15) is 46.5 Å². The molecule has 0 radical (unpaired) electrons. The second-order valence-corrected chi connectivity index (χ2v) is 10.7. The lowest BCUT2D eigenvalue weighted by Gasteiger charge is -2.56. The van der Waals surface area contributed by atoms with Crippen molar-refractivity contribution in [3.63, 3.8) is 0 Å². The molecule has 0 aliphatic heterocycles. The average molecular weight is 480 g/mol. The zero-order valence-corrected chi connectivity index (χ0v) is 20.0. The van der Waals surface area contributed by atoms with E-state index < -0.39 is 0 Å². The van der Waals surface area contributed by atoms with E-state index in [4.69, 9.17) is 16.3 Å². The van der Waals surface area contributed by atoms with Gasteiger partial charge in [0.1, 0.15) is 0 Å². The SMILES string of the molecule is COC(=O)C1CC2(CC(NC(=O)c3sccc3Cc3ccc(-c4ccc(Cl)cc4)cc3)C2)C1. The molecule has 1 spiro atoms. The predicted octanol–water partition coefficient (Wildman–Crippen LogP) is 6.12. The van der Waals surface area contributed by atoms with Crippen LogP contribution in [0.3, 0.4) is 0 Å². The van der Waals surface area contributed by atoms with E-state index in [9.17, 15) is 9.59 Å². The maximum Gasteiger partial charge on any atom is 0.308 e. The van der Waals surface area contributed by atoms with E-state index in [-0.39, 0.29) is 29.3 Å². The first-order valence-electron chi connectivity index (χ1n) is 11.2. The van der Waals surface area contributed by atoms with Crippen LogP contribution in [0.15, 0.2) is 60.0 Å². The molecule has 2 aromatic carbocycles. The lowest BCUT2D eigenvalue weighted by atomic mass is 9.50. The highest BCUT2D eigenvalue weighted by Gasteiger charge is 2.55. The van der Waals surface area contributed by atoms with Crippen molar-refractivity contribution in [1.82, 2.24) is 5.32 Å². The molecule has 33 heavy (non-hydrogen) atoms. The van der Waals surface area contributed by atoms with Gasteiger partial charge in [-0.1, -0.05) is 48.0 Å². The Morgan fingerprint density at radius 3 is 2.27 bits per heavy atom. The Bertz CT molecular complexity index is 1150. The standard InChI is InChI=1S/C27H26ClNO3S/c1-32-26(31)21-13-27(14-21)15-23(16-27)29-25(30)24-20(10-11-33-24)12-17-2-4-18(5-3-17)19-6-8-22(28)9-7-19/h2-11,21,23H,12-16H2,1H3,(H,29,30). The first kappa shape index (κ1) is 22.2. The largest absolute Gasteiger partial charge is 0.469 e. The molecule has 0 unspecified atom stereocenters. The third-order valence-corrected chi connectivity index (χ3v) is 8.27. The molecule has 0 saturated heterocycles. The van der Waals surface area contributed by atoms with Gasteiger partial charge in [-0.2, -0.15) is 0 Å². The van der Waals surface area contributed by atoms with E-state index in [1.54, 1.807) is 0 Å². The fourth-order valence-electron chi connectivity index (χ4n) is 5.34. The zero-order chi connectivity index (χ0) is 23.0. The van der Waals surface area contributed by atoms with Gasteiger partial charge in [-0.3, -0.25) is 9.59 Å². The number of esters is 1. The maximum absolute atomic E-state index is 12.9. The number of thiophene rings is 1. The number of benzene rings is 2. The summed E-state index contributed by atoms with van der Waals surface area (Å²) in [5.41, 5.74) is 4.74. The van der Waals surface area contributed by atoms with Gasteiger partial charge in [-0.25, -0.2) is 0 Å². The number of ether oxygens (including phenoxy) is 1. The number of nitrogens with one attached hydrogen (secondary N) is 1. The van der Waals surface area contributed by atoms with Gasteiger partial charge in [0.05, 0.1) is 17.9 Å². The molecule has 170 valence electrons. The van der Waals surface area contributed by atoms with Gasteiger partial charge >= 0.3 is 5.97 Å². The number of rotatable bonds is 6. The van der Waals surface area contributed by atoms with Crippen molar-refractivity contribution >= 4 is 34.8 Å². The molecule has 2 saturated carbocycles. The van der Waals surface area contributed by atoms with E-state index in [2.05, 4.69) is 29.6 Å². The van der Waals surface area contributed by atoms with Crippen molar-refractivity contribution in [2.45, 2.75) is 38.1 Å². The van der Waals surface area contributed by atoms with Gasteiger partial charge in [-0.15, -0.1) is 11.3 Å². The Morgan fingerprint density at radius 2 is 1.64 bits per heavy atom. The minimum Gasteiger partial charge on any atom is -0.469 e. The molecule has 1 aromatic heterocycles. The minimum absolute atomic E-state index is 0.0153. The summed E-state index contributed by atoms with van der Waals surface area (Å²) in [5, 5.41) is 5.92. The van der Waals surface area contributed by atoms with Crippen LogP contribution in [-0.2, 0) is 16.0 Å². The Labute approximate surface area is 202 Å². The van der Waals surface area contributed by atoms with Crippen LogP contribution < -0.4 is 5.32 Å². The summed E-state index contributed by atoms with van der Waals surface area (Å²) >= 11 is 7.48. The normalized spacial score (nSPS) is 23.5. The summed E-state index contributed by atoms with van der Waals surface area (Å²) in [7, 11) is 1.45. The van der Waals surface area contributed by atoms with Gasteiger partial charge in [0.2, 0.25) is 0 Å². The molecule has 2 fully saturated rings. The maximum atomic E-state index is 12.9. The molecule has 1 heterocycles. The molecule has 0 atom stereocenters. The summed E-state index contributed by atoms with van der Waals surface area (Å²) in [6.07, 6.45) is 4.42. The smallest absolute Gasteiger partial charge is 0.308 e. The fourth-order valence-corrected chi connectivity index (χ4v) is 6.29. The summed E-state index contributed by atoms with van der Waals surface area (Å²) in [4.78, 5) is 25.4. The Morgan fingerprint density at radius 1 is 1.00 bits per heavy atom. The number of carbonyl (C=O) groups excluding carboxylic acids is 2. The van der Waals surface area contributed by atoms with Crippen LogP contribution in [-0.4, -0.2) is 25.0 Å². The zero-order valence-electron chi connectivity index (χ0n) is 18.5. The number of methoxy groups -OCH3 is 1. The topological polar surface area (TPSA) is 55.4 Å². The monoisotopic (exact) mass is 479 g/mol. The van der Waals surface area contributed by atoms with E-state index in [1.807, 2.05) is 35.7 Å². The molecule has 4 nitrogen and oxygen atoms in total. The highest BCUT2D eigenvalue weighted by molar-refractivity contribution is 7.12. The van der Waals surface area contributed by atoms with E-state index in [0.29, 0.717) is 0 Å². The van der Waals surface area contributed by atoms with Crippen LogP contribution in [0.5, 0.6) is 0 Å². The summed E-state index contributed by atoms with van der Waals surface area (Å²) in [5.74, 6) is -0.0411. The first-order chi connectivity index (χ1) is 15.9. The summed E-state index contributed by atoms with van der Waals surface area (Å²) < 4.78 is 4.84. The number of carbonyl (C=O) groups is 2. The van der Waals surface area contributed by atoms with Crippen molar-refractivity contribution in [1.29, 1.82) is 0 Å². The van der Waals surface area contributed by atoms with Gasteiger partial charge in [0.25, 0.3) is 5.91 Å². The number of amides is 1. The van der Waals surface area contributed by atoms with Crippen molar-refractivity contribution in [3.8, 4) is 11.1 Å². The quantitative estimate of drug-likeness (QED) is 0.433. The molecule has 2 aliphatic rings. The van der Waals surface area contributed by atoms with E-state index in [1.165, 1.54) is 24.0 Å². The second-order valence-electron chi connectivity index (χ2n) is 9.36. The van der Waals surface area contributed by atoms with Crippen LogP contribution >= 0.6 is 22.9 Å². The Kier molecular flexibility index (Phi) is 6.02. The highest BCUT2D eigenvalue weighted by Crippen LogP contribution is 2.59. The minimum atomic E-state index is -0.0995. The Hall–Kier alpha value is -2.63. The number of hydrogen-bond donors (Lipinski definition) is 1. The van der Waals surface area contributed by atoms with Crippen LogP contribution in [0.2, 0.25) is 5.02 Å². The molecule has 6 heteroatoms. The third kappa shape index (κ3) is 4.57. The van der Waals surface area contributed by atoms with Crippen LogP contribution in [0, 0.1) is 11.3 Å². The van der Waals surface area contributed by atoms with Crippen molar-refractivity contribution < 1.29 is 14.3 Å². The van der Waals surface area contributed by atoms with Crippen molar-refractivity contribution in [2.75, 3.05) is 7.11 Å². The number of hydrogen-bond acceptors (Lipinski definition) is 4. The lowest BCUT2D eigenvalue weighted by Crippen LogP contribution is -2.57. The number of halogens is 1. The fraction of sp³-hybridized carbons (Fsp3) is 0.333. The second kappa shape index (κ2) is 8.96. The molecular weight excluding hydrogens is 454 g/mol. The van der Waals surface area contributed by atoms with Crippen molar-refractivity contribution in [2.24, 2.45) is 11.3 Å². The average Bonchev–Trinajstić information content (AvgIpc) is 3.23. The summed E-state index contributed by atoms with van der Waals surface area (Å²) in [6.45, 7) is 0. The van der Waals surface area contributed by atoms with Gasteiger partial charge < -0.3 is 10.1 Å². The third-order valence-electron chi connectivity index (χ3n) is 7.07. The van der Waals surface area contributed by atoms with Gasteiger partial charge in [0.15, 0.2) is 0 Å². The van der Waals surface area contributed by atoms with E-state index >= 15 is 0 Å². The molecule has 1 amide bonds. The highest BCUT2D eigenvalue weighted by atomic mass is 35.5. The molecule has 3 aromatic rings.